The van der Waals surface area contributed by atoms with E-state index in [-0.39, 0.29) is 11.7 Å². The van der Waals surface area contributed by atoms with Crippen LogP contribution in [0.4, 0.5) is 0 Å². The first-order valence-electron chi connectivity index (χ1n) is 7.66. The Kier molecular flexibility index (Phi) is 6.20. The van der Waals surface area contributed by atoms with E-state index in [1.54, 1.807) is 30.3 Å². The Morgan fingerprint density at radius 1 is 1.26 bits per heavy atom. The molecule has 0 amide bonds. The summed E-state index contributed by atoms with van der Waals surface area (Å²) in [5.41, 5.74) is 5.66. The standard InChI is InChI=1S/C17H14Cl3N3O3S/c18-10-5-6-11(14(20)7-10)15-17(26-15,12-3-1-2-4-13(12)19)8-22-16(23-9-21)27(24)25/h1-7,9,15H,8H2,(H,24,25)(H2,21,22,23)/t15-,17-/m1/s1. The zero-order valence-electron chi connectivity index (χ0n) is 13.7. The Balaban J connectivity index is 2.04. The molecular weight excluding hydrogens is 433 g/mol. The molecule has 3 N–H and O–H groups in total. The Morgan fingerprint density at radius 3 is 2.63 bits per heavy atom. The van der Waals surface area contributed by atoms with Crippen LogP contribution in [-0.2, 0) is 21.4 Å². The molecule has 0 bridgehead atoms. The largest absolute Gasteiger partial charge is 0.390 e. The van der Waals surface area contributed by atoms with Gasteiger partial charge in [-0.25, -0.2) is 9.20 Å². The van der Waals surface area contributed by atoms with E-state index in [9.17, 15) is 8.76 Å². The molecule has 0 aliphatic carbocycles. The van der Waals surface area contributed by atoms with Crippen LogP contribution in [0.15, 0.2) is 52.4 Å². The number of hydrogen-bond acceptors (Lipinski definition) is 3. The monoisotopic (exact) mass is 445 g/mol. The topological polar surface area (TPSA) is 101 Å². The third kappa shape index (κ3) is 4.18. The highest BCUT2D eigenvalue weighted by Crippen LogP contribution is 2.59. The molecule has 0 aromatic heterocycles. The van der Waals surface area contributed by atoms with Gasteiger partial charge >= 0.3 is 0 Å². The fourth-order valence-corrected chi connectivity index (χ4v) is 3.94. The summed E-state index contributed by atoms with van der Waals surface area (Å²) in [4.78, 5) is 7.74. The molecule has 2 aromatic rings. The van der Waals surface area contributed by atoms with Gasteiger partial charge in [-0.3, -0.25) is 9.55 Å². The molecule has 0 spiro atoms. The van der Waals surface area contributed by atoms with Gasteiger partial charge in [0.05, 0.1) is 12.9 Å². The Hall–Kier alpha value is -1.48. The summed E-state index contributed by atoms with van der Waals surface area (Å²) in [5.74, 6) is 0. The van der Waals surface area contributed by atoms with Crippen molar-refractivity contribution in [3.63, 3.8) is 0 Å². The maximum absolute atomic E-state index is 11.4. The van der Waals surface area contributed by atoms with Gasteiger partial charge < -0.3 is 10.5 Å². The van der Waals surface area contributed by atoms with Gasteiger partial charge in [-0.05, 0) is 18.2 Å². The SMILES string of the molecule is NC=NC(=NC[C@]1(c2ccccc2Cl)O[C@@H]1c1ccc(Cl)cc1Cl)S(=O)O. The lowest BCUT2D eigenvalue weighted by atomic mass is 9.91. The summed E-state index contributed by atoms with van der Waals surface area (Å²) in [5, 5.41) is 1.10. The van der Waals surface area contributed by atoms with Crippen LogP contribution in [0.2, 0.25) is 15.1 Å². The first kappa shape index (κ1) is 20.3. The van der Waals surface area contributed by atoms with Gasteiger partial charge in [0.25, 0.3) is 0 Å². The van der Waals surface area contributed by atoms with Crippen molar-refractivity contribution in [1.82, 2.24) is 0 Å². The van der Waals surface area contributed by atoms with Gasteiger partial charge in [0.15, 0.2) is 0 Å². The Labute approximate surface area is 173 Å². The van der Waals surface area contributed by atoms with Gasteiger partial charge in [0, 0.05) is 26.2 Å². The average Bonchev–Trinajstić information content (AvgIpc) is 3.33. The van der Waals surface area contributed by atoms with Crippen LogP contribution in [0.3, 0.4) is 0 Å². The number of aliphatic imine (C=N–C) groups is 2. The normalized spacial score (nSPS) is 23.6. The van der Waals surface area contributed by atoms with Gasteiger partial charge in [-0.2, -0.15) is 0 Å². The molecule has 1 fully saturated rings. The molecule has 10 heteroatoms. The fraction of sp³-hybridized carbons (Fsp3) is 0.176. The van der Waals surface area contributed by atoms with Crippen molar-refractivity contribution in [2.75, 3.05) is 6.54 Å². The summed E-state index contributed by atoms with van der Waals surface area (Å²) in [6, 6.07) is 12.2. The van der Waals surface area contributed by atoms with Crippen LogP contribution in [0.1, 0.15) is 17.2 Å². The van der Waals surface area contributed by atoms with Crippen molar-refractivity contribution >= 4 is 57.4 Å². The number of hydrogen-bond donors (Lipinski definition) is 2. The Morgan fingerprint density at radius 2 is 2.00 bits per heavy atom. The van der Waals surface area contributed by atoms with Gasteiger partial charge in [0.1, 0.15) is 11.7 Å². The number of benzene rings is 2. The second kappa shape index (κ2) is 8.26. The van der Waals surface area contributed by atoms with E-state index in [0.29, 0.717) is 26.2 Å². The molecule has 1 aliphatic rings. The molecule has 1 saturated heterocycles. The van der Waals surface area contributed by atoms with Crippen molar-refractivity contribution in [3.8, 4) is 0 Å². The van der Waals surface area contributed by atoms with Gasteiger partial charge in [0.2, 0.25) is 16.2 Å². The smallest absolute Gasteiger partial charge is 0.243 e. The molecule has 1 aliphatic heterocycles. The minimum Gasteiger partial charge on any atom is -0.390 e. The van der Waals surface area contributed by atoms with Crippen molar-refractivity contribution in [3.05, 3.63) is 68.7 Å². The third-order valence-electron chi connectivity index (χ3n) is 4.06. The highest BCUT2D eigenvalue weighted by Gasteiger charge is 2.60. The third-order valence-corrected chi connectivity index (χ3v) is 5.50. The lowest BCUT2D eigenvalue weighted by Gasteiger charge is -2.14. The van der Waals surface area contributed by atoms with Crippen LogP contribution in [0, 0.1) is 0 Å². The van der Waals surface area contributed by atoms with E-state index >= 15 is 0 Å². The molecule has 3 atom stereocenters. The number of halogens is 3. The van der Waals surface area contributed by atoms with E-state index in [1.165, 1.54) is 0 Å². The van der Waals surface area contributed by atoms with Crippen molar-refractivity contribution in [2.45, 2.75) is 11.7 Å². The molecule has 6 nitrogen and oxygen atoms in total. The summed E-state index contributed by atoms with van der Waals surface area (Å²) < 4.78 is 26.7. The van der Waals surface area contributed by atoms with Crippen molar-refractivity contribution in [2.24, 2.45) is 15.7 Å². The average molecular weight is 447 g/mol. The summed E-state index contributed by atoms with van der Waals surface area (Å²) in [6.07, 6.45) is 0.442. The molecule has 27 heavy (non-hydrogen) atoms. The number of nitrogens with zero attached hydrogens (tertiary/aromatic N) is 2. The van der Waals surface area contributed by atoms with E-state index < -0.39 is 22.8 Å². The molecule has 2 aromatic carbocycles. The number of amidine groups is 1. The molecule has 142 valence electrons. The molecule has 1 heterocycles. The minimum absolute atomic E-state index is 0.000666. The minimum atomic E-state index is -2.40. The first-order valence-corrected chi connectivity index (χ1v) is 9.90. The van der Waals surface area contributed by atoms with E-state index in [4.69, 9.17) is 45.3 Å². The van der Waals surface area contributed by atoms with E-state index in [1.807, 2.05) is 12.1 Å². The lowest BCUT2D eigenvalue weighted by Crippen LogP contribution is -2.18. The van der Waals surface area contributed by atoms with Gasteiger partial charge in [-0.1, -0.05) is 59.1 Å². The summed E-state index contributed by atoms with van der Waals surface area (Å²) in [6.45, 7) is -0.000666. The molecule has 0 radical (unpaired) electrons. The number of nitrogens with two attached hydrogens (primary N) is 1. The predicted octanol–water partition coefficient (Wildman–Crippen LogP) is 4.18. The maximum Gasteiger partial charge on any atom is 0.243 e. The zero-order valence-corrected chi connectivity index (χ0v) is 16.8. The fourth-order valence-electron chi connectivity index (χ4n) is 2.81. The van der Waals surface area contributed by atoms with Crippen LogP contribution >= 0.6 is 34.8 Å². The highest BCUT2D eigenvalue weighted by atomic mass is 35.5. The lowest BCUT2D eigenvalue weighted by molar-refractivity contribution is 0.302. The van der Waals surface area contributed by atoms with Crippen LogP contribution in [-0.4, -0.2) is 26.8 Å². The summed E-state index contributed by atoms with van der Waals surface area (Å²) in [7, 11) is 0. The quantitative estimate of drug-likeness (QED) is 0.318. The van der Waals surface area contributed by atoms with Crippen molar-refractivity contribution < 1.29 is 13.5 Å². The number of epoxide rings is 1. The highest BCUT2D eigenvalue weighted by molar-refractivity contribution is 7.95. The van der Waals surface area contributed by atoms with E-state index in [2.05, 4.69) is 9.98 Å². The van der Waals surface area contributed by atoms with E-state index in [0.717, 1.165) is 6.34 Å². The Bertz CT molecular complexity index is 954. The second-order valence-corrected chi connectivity index (χ2v) is 7.77. The van der Waals surface area contributed by atoms with Crippen LogP contribution < -0.4 is 5.73 Å². The molecule has 3 rings (SSSR count). The van der Waals surface area contributed by atoms with Crippen LogP contribution in [0.25, 0.3) is 0 Å². The van der Waals surface area contributed by atoms with Crippen molar-refractivity contribution in [1.29, 1.82) is 0 Å². The summed E-state index contributed by atoms with van der Waals surface area (Å²) >= 11 is 16.3. The maximum atomic E-state index is 11.4. The van der Waals surface area contributed by atoms with Gasteiger partial charge in [-0.15, -0.1) is 0 Å². The molecule has 0 saturated carbocycles. The number of rotatable bonds is 4. The predicted molar refractivity (Wildman–Crippen MR) is 109 cm³/mol. The zero-order chi connectivity index (χ0) is 19.6. The van der Waals surface area contributed by atoms with Crippen LogP contribution in [0.5, 0.6) is 0 Å². The number of ether oxygens (including phenoxy) is 1. The first-order chi connectivity index (χ1) is 12.9. The molecule has 1 unspecified atom stereocenters. The second-order valence-electron chi connectivity index (χ2n) is 5.66. The molecular formula is C17H14Cl3N3O3S.